The van der Waals surface area contributed by atoms with Crippen molar-refractivity contribution in [1.29, 1.82) is 0 Å². The molecule has 9 nitrogen and oxygen atoms in total. The van der Waals surface area contributed by atoms with Gasteiger partial charge in [0.2, 0.25) is 0 Å². The van der Waals surface area contributed by atoms with Gasteiger partial charge in [0, 0.05) is 17.8 Å². The summed E-state index contributed by atoms with van der Waals surface area (Å²) in [7, 11) is -7.30. The molecule has 31 heavy (non-hydrogen) atoms. The molecule has 174 valence electrons. The molecular weight excluding hydrogens is 451 g/mol. The molecule has 12 heteroatoms. The fourth-order valence-electron chi connectivity index (χ4n) is 6.17. The number of fused-ring (bicyclic) bond motifs is 5. The second kappa shape index (κ2) is 7.35. The molecule has 1 aromatic rings. The number of hydrogen-bond acceptors (Lipinski definition) is 7. The summed E-state index contributed by atoms with van der Waals surface area (Å²) >= 11 is 0. The zero-order chi connectivity index (χ0) is 22.8. The van der Waals surface area contributed by atoms with E-state index in [0.29, 0.717) is 25.0 Å². The van der Waals surface area contributed by atoms with Crippen molar-refractivity contribution in [3.05, 3.63) is 29.3 Å². The zero-order valence-corrected chi connectivity index (χ0v) is 18.9. The summed E-state index contributed by atoms with van der Waals surface area (Å²) in [6.45, 7) is 1.58. The number of hydrogen-bond donors (Lipinski definition) is 2. The molecule has 4 rings (SSSR count). The highest BCUT2D eigenvalue weighted by Gasteiger charge is 2.72. The third-order valence-electron chi connectivity index (χ3n) is 7.46. The van der Waals surface area contributed by atoms with Gasteiger partial charge < -0.3 is 4.74 Å². The smallest absolute Gasteiger partial charge is 0.333 e. The summed E-state index contributed by atoms with van der Waals surface area (Å²) in [5.74, 6) is -0.0776. The average molecular weight is 479 g/mol. The lowest BCUT2D eigenvalue weighted by Gasteiger charge is -2.54. The Bertz CT molecular complexity index is 1100. The van der Waals surface area contributed by atoms with Crippen LogP contribution in [-0.4, -0.2) is 41.8 Å². The Morgan fingerprint density at radius 3 is 2.32 bits per heavy atom. The van der Waals surface area contributed by atoms with E-state index in [-0.39, 0.29) is 18.8 Å². The summed E-state index contributed by atoms with van der Waals surface area (Å²) < 4.78 is 79.2. The molecule has 2 saturated carbocycles. The molecular formula is C19H27FN2O7S2. The number of nitrogens with two attached hydrogens (primary N) is 2. The maximum absolute atomic E-state index is 17.2. The Morgan fingerprint density at radius 2 is 1.71 bits per heavy atom. The first-order chi connectivity index (χ1) is 14.3. The average Bonchev–Trinajstić information content (AvgIpc) is 2.86. The fraction of sp³-hybridized carbons (Fsp3) is 0.684. The van der Waals surface area contributed by atoms with Crippen molar-refractivity contribution in [3.8, 4) is 5.75 Å². The van der Waals surface area contributed by atoms with Crippen LogP contribution >= 0.6 is 0 Å². The molecule has 0 radical (unpaired) electrons. The number of methoxy groups -OCH3 is 1. The molecule has 0 spiro atoms. The Kier molecular flexibility index (Phi) is 5.43. The number of ether oxygens (including phenoxy) is 1. The number of halogens is 1. The highest BCUT2D eigenvalue weighted by Crippen LogP contribution is 2.66. The first kappa shape index (κ1) is 22.9. The van der Waals surface area contributed by atoms with Gasteiger partial charge in [-0.15, -0.1) is 0 Å². The van der Waals surface area contributed by atoms with Gasteiger partial charge in [0.05, 0.1) is 13.2 Å². The van der Waals surface area contributed by atoms with Gasteiger partial charge in [-0.25, -0.2) is 14.7 Å². The normalized spacial score (nSPS) is 37.6. The van der Waals surface area contributed by atoms with E-state index in [1.807, 2.05) is 18.2 Å². The fourth-order valence-corrected chi connectivity index (χ4v) is 7.32. The number of rotatable bonds is 5. The van der Waals surface area contributed by atoms with Crippen LogP contribution in [0.3, 0.4) is 0 Å². The van der Waals surface area contributed by atoms with E-state index in [2.05, 4.69) is 0 Å². The Hall–Kier alpha value is -1.31. The SMILES string of the molecule is COc1ccc2c(c1)CC[C@@H]1[C@@H]2CC[C@]2(C)[C@@H](OS(N)(=O)=O)CC(OS(N)(=O)=O)[C@]12F. The van der Waals surface area contributed by atoms with Crippen molar-refractivity contribution < 1.29 is 34.3 Å². The highest BCUT2D eigenvalue weighted by molar-refractivity contribution is 7.84. The van der Waals surface area contributed by atoms with Crippen molar-refractivity contribution in [2.75, 3.05) is 7.11 Å². The summed E-state index contributed by atoms with van der Waals surface area (Å²) in [6, 6.07) is 5.67. The standard InChI is InChI=1S/C19H27FN2O7S2/c1-18-8-7-14-13-5-4-12(27-2)9-11(13)3-6-15(14)19(18,20)17(29-31(22,25)26)10-16(18)28-30(21,23)24/h4-5,9,14-17H,3,6-8,10H2,1-2H3,(H2,21,23,24)(H2,22,25,26)/t14-,15-,16+,17?,18-,19-/m1/s1. The molecule has 1 unspecified atom stereocenters. The number of aryl methyl sites for hydroxylation is 1. The van der Waals surface area contributed by atoms with E-state index in [1.165, 1.54) is 0 Å². The lowest BCUT2D eigenvalue weighted by molar-refractivity contribution is -0.137. The van der Waals surface area contributed by atoms with Crippen molar-refractivity contribution in [3.63, 3.8) is 0 Å². The summed E-state index contributed by atoms with van der Waals surface area (Å²) in [5.41, 5.74) is -1.46. The van der Waals surface area contributed by atoms with E-state index in [9.17, 15) is 16.8 Å². The van der Waals surface area contributed by atoms with Gasteiger partial charge in [0.15, 0.2) is 0 Å². The first-order valence-corrected chi connectivity index (χ1v) is 13.0. The van der Waals surface area contributed by atoms with E-state index in [1.54, 1.807) is 14.0 Å². The van der Waals surface area contributed by atoms with Gasteiger partial charge in [-0.05, 0) is 54.9 Å². The van der Waals surface area contributed by atoms with Crippen LogP contribution in [0.5, 0.6) is 5.75 Å². The van der Waals surface area contributed by atoms with Crippen molar-refractivity contribution >= 4 is 20.6 Å². The largest absolute Gasteiger partial charge is 0.497 e. The number of benzene rings is 1. The van der Waals surface area contributed by atoms with Crippen LogP contribution in [0, 0.1) is 11.3 Å². The third kappa shape index (κ3) is 3.76. The van der Waals surface area contributed by atoms with Crippen LogP contribution in [0.25, 0.3) is 0 Å². The van der Waals surface area contributed by atoms with Crippen LogP contribution in [0.2, 0.25) is 0 Å². The molecule has 1 aromatic carbocycles. The third-order valence-corrected chi connectivity index (χ3v) is 8.46. The van der Waals surface area contributed by atoms with Crippen LogP contribution < -0.4 is 15.0 Å². The molecule has 0 saturated heterocycles. The van der Waals surface area contributed by atoms with Crippen LogP contribution in [-0.2, 0) is 35.4 Å². The van der Waals surface area contributed by atoms with Gasteiger partial charge in [-0.3, -0.25) is 8.37 Å². The molecule has 0 amide bonds. The lowest BCUT2D eigenvalue weighted by atomic mass is 9.53. The van der Waals surface area contributed by atoms with Crippen molar-refractivity contribution in [2.24, 2.45) is 21.6 Å². The quantitative estimate of drug-likeness (QED) is 0.650. The van der Waals surface area contributed by atoms with Gasteiger partial charge in [-0.1, -0.05) is 13.0 Å². The molecule has 3 aliphatic carbocycles. The monoisotopic (exact) mass is 478 g/mol. The van der Waals surface area contributed by atoms with Gasteiger partial charge in [0.25, 0.3) is 0 Å². The van der Waals surface area contributed by atoms with Crippen LogP contribution in [0.4, 0.5) is 4.39 Å². The first-order valence-electron chi connectivity index (χ1n) is 10.1. The van der Waals surface area contributed by atoms with Crippen molar-refractivity contribution in [1.82, 2.24) is 0 Å². The van der Waals surface area contributed by atoms with E-state index in [0.717, 1.165) is 11.1 Å². The predicted octanol–water partition coefficient (Wildman–Crippen LogP) is 1.43. The van der Waals surface area contributed by atoms with Crippen LogP contribution in [0.15, 0.2) is 18.2 Å². The second-order valence-electron chi connectivity index (χ2n) is 8.93. The molecule has 2 fully saturated rings. The molecule has 6 atom stereocenters. The number of alkyl halides is 1. The predicted molar refractivity (Wildman–Crippen MR) is 109 cm³/mol. The molecule has 3 aliphatic rings. The minimum atomic E-state index is -4.49. The van der Waals surface area contributed by atoms with Gasteiger partial charge in [-0.2, -0.15) is 16.8 Å². The molecule has 0 aliphatic heterocycles. The highest BCUT2D eigenvalue weighted by atomic mass is 32.2. The lowest BCUT2D eigenvalue weighted by Crippen LogP contribution is -2.60. The van der Waals surface area contributed by atoms with Gasteiger partial charge in [0.1, 0.15) is 17.5 Å². The van der Waals surface area contributed by atoms with Crippen molar-refractivity contribution in [2.45, 2.75) is 62.8 Å². The molecule has 0 heterocycles. The Labute approximate surface area is 181 Å². The molecule has 0 bridgehead atoms. The van der Waals surface area contributed by atoms with Crippen LogP contribution in [0.1, 0.15) is 49.7 Å². The zero-order valence-electron chi connectivity index (χ0n) is 17.3. The van der Waals surface area contributed by atoms with E-state index < -0.39 is 49.8 Å². The molecule has 4 N–H and O–H groups in total. The topological polar surface area (TPSA) is 148 Å². The maximum Gasteiger partial charge on any atom is 0.333 e. The summed E-state index contributed by atoms with van der Waals surface area (Å²) in [4.78, 5) is 0. The minimum Gasteiger partial charge on any atom is -0.497 e. The second-order valence-corrected chi connectivity index (χ2v) is 11.3. The Morgan fingerprint density at radius 1 is 1.06 bits per heavy atom. The summed E-state index contributed by atoms with van der Waals surface area (Å²) in [5, 5.41) is 10.1. The minimum absolute atomic E-state index is 0.187. The van der Waals surface area contributed by atoms with E-state index in [4.69, 9.17) is 23.4 Å². The van der Waals surface area contributed by atoms with E-state index >= 15 is 4.39 Å². The Balaban J connectivity index is 1.79. The van der Waals surface area contributed by atoms with Gasteiger partial charge >= 0.3 is 20.6 Å². The maximum atomic E-state index is 17.2. The molecule has 0 aromatic heterocycles. The summed E-state index contributed by atoms with van der Waals surface area (Å²) in [6.07, 6.45) is -1.09.